The van der Waals surface area contributed by atoms with Crippen molar-refractivity contribution in [3.8, 4) is 0 Å². The van der Waals surface area contributed by atoms with Gasteiger partial charge in [0.1, 0.15) is 6.29 Å². The number of aryl methyl sites for hydroxylation is 1. The van der Waals surface area contributed by atoms with Crippen molar-refractivity contribution in [3.63, 3.8) is 0 Å². The zero-order chi connectivity index (χ0) is 7.40. The van der Waals surface area contributed by atoms with Crippen LogP contribution in [0.2, 0.25) is 0 Å². The van der Waals surface area contributed by atoms with Crippen molar-refractivity contribution in [2.75, 3.05) is 0 Å². The largest absolute Gasteiger partial charge is 0.339 e. The summed E-state index contributed by atoms with van der Waals surface area (Å²) in [7, 11) is 0. The average Bonchev–Trinajstić information content (AvgIpc) is 2.37. The smallest absolute Gasteiger partial charge is 0.233 e. The topological polar surface area (TPSA) is 56.0 Å². The lowest BCUT2D eigenvalue weighted by atomic mass is 10.4. The second-order valence-electron chi connectivity index (χ2n) is 1.83. The summed E-state index contributed by atoms with van der Waals surface area (Å²) >= 11 is 0. The van der Waals surface area contributed by atoms with E-state index in [0.717, 1.165) is 12.7 Å². The van der Waals surface area contributed by atoms with Gasteiger partial charge in [-0.3, -0.25) is 0 Å². The number of nitrogens with zero attached hydrogens (tertiary/aromatic N) is 2. The first-order chi connectivity index (χ1) is 4.86. The van der Waals surface area contributed by atoms with Gasteiger partial charge in [0.2, 0.25) is 5.89 Å². The van der Waals surface area contributed by atoms with E-state index < -0.39 is 0 Å². The number of carbonyl (C=O) groups excluding carboxylic acids is 1. The lowest BCUT2D eigenvalue weighted by molar-refractivity contribution is -0.107. The van der Waals surface area contributed by atoms with Gasteiger partial charge in [0.25, 0.3) is 0 Å². The second kappa shape index (κ2) is 3.10. The SMILES string of the molecule is CCc1noc(CC=O)n1. The fourth-order valence-corrected chi connectivity index (χ4v) is 0.588. The van der Waals surface area contributed by atoms with Crippen molar-refractivity contribution in [1.29, 1.82) is 0 Å². The minimum Gasteiger partial charge on any atom is -0.339 e. The molecule has 0 amide bonds. The van der Waals surface area contributed by atoms with Crippen molar-refractivity contribution in [3.05, 3.63) is 11.7 Å². The van der Waals surface area contributed by atoms with Crippen LogP contribution in [0, 0.1) is 0 Å². The lowest BCUT2D eigenvalue weighted by Gasteiger charge is -1.77. The summed E-state index contributed by atoms with van der Waals surface area (Å²) < 4.78 is 4.70. The van der Waals surface area contributed by atoms with Crippen molar-refractivity contribution in [2.24, 2.45) is 0 Å². The van der Waals surface area contributed by atoms with E-state index in [9.17, 15) is 4.79 Å². The van der Waals surface area contributed by atoms with Crippen LogP contribution < -0.4 is 0 Å². The summed E-state index contributed by atoms with van der Waals surface area (Å²) in [6, 6.07) is 0. The Kier molecular flexibility index (Phi) is 2.15. The number of hydrogen-bond donors (Lipinski definition) is 0. The Morgan fingerprint density at radius 2 is 2.50 bits per heavy atom. The Morgan fingerprint density at radius 1 is 1.70 bits per heavy atom. The van der Waals surface area contributed by atoms with Gasteiger partial charge in [0.05, 0.1) is 6.42 Å². The Balaban J connectivity index is 2.67. The lowest BCUT2D eigenvalue weighted by Crippen LogP contribution is -1.86. The van der Waals surface area contributed by atoms with Crippen molar-refractivity contribution in [2.45, 2.75) is 19.8 Å². The Labute approximate surface area is 58.2 Å². The molecular formula is C6H8N2O2. The monoisotopic (exact) mass is 140 g/mol. The summed E-state index contributed by atoms with van der Waals surface area (Å²) in [5.41, 5.74) is 0. The first-order valence-electron chi connectivity index (χ1n) is 3.12. The van der Waals surface area contributed by atoms with Gasteiger partial charge >= 0.3 is 0 Å². The van der Waals surface area contributed by atoms with Gasteiger partial charge in [-0.1, -0.05) is 12.1 Å². The number of aromatic nitrogens is 2. The fourth-order valence-electron chi connectivity index (χ4n) is 0.588. The average molecular weight is 140 g/mol. The molecule has 0 unspecified atom stereocenters. The molecule has 0 aliphatic heterocycles. The maximum absolute atomic E-state index is 9.94. The molecule has 1 rings (SSSR count). The van der Waals surface area contributed by atoms with Crippen LogP contribution in [0.1, 0.15) is 18.6 Å². The minimum absolute atomic E-state index is 0.215. The maximum atomic E-state index is 9.94. The molecule has 0 aliphatic carbocycles. The van der Waals surface area contributed by atoms with Gasteiger partial charge < -0.3 is 9.32 Å². The van der Waals surface area contributed by atoms with Crippen LogP contribution in [0.3, 0.4) is 0 Å². The summed E-state index contributed by atoms with van der Waals surface area (Å²) in [6.45, 7) is 1.93. The van der Waals surface area contributed by atoms with Gasteiger partial charge in [-0.25, -0.2) is 0 Å². The van der Waals surface area contributed by atoms with E-state index in [4.69, 9.17) is 4.52 Å². The standard InChI is InChI=1S/C6H8N2O2/c1-2-5-7-6(3-4-9)10-8-5/h4H,2-3H2,1H3. The Hall–Kier alpha value is -1.19. The second-order valence-corrected chi connectivity index (χ2v) is 1.83. The zero-order valence-corrected chi connectivity index (χ0v) is 5.70. The van der Waals surface area contributed by atoms with Crippen LogP contribution in [0.4, 0.5) is 0 Å². The molecule has 54 valence electrons. The normalized spacial score (nSPS) is 9.70. The third-order valence-corrected chi connectivity index (χ3v) is 1.08. The highest BCUT2D eigenvalue weighted by Gasteiger charge is 2.01. The summed E-state index contributed by atoms with van der Waals surface area (Å²) in [5, 5.41) is 3.61. The molecule has 1 heterocycles. The summed E-state index contributed by atoms with van der Waals surface area (Å²) in [4.78, 5) is 13.9. The van der Waals surface area contributed by atoms with E-state index in [2.05, 4.69) is 10.1 Å². The highest BCUT2D eigenvalue weighted by atomic mass is 16.5. The van der Waals surface area contributed by atoms with Gasteiger partial charge in [-0.2, -0.15) is 4.98 Å². The Morgan fingerprint density at radius 3 is 3.00 bits per heavy atom. The molecule has 1 aromatic rings. The van der Waals surface area contributed by atoms with Crippen molar-refractivity contribution < 1.29 is 9.32 Å². The molecule has 0 fully saturated rings. The maximum Gasteiger partial charge on any atom is 0.233 e. The zero-order valence-electron chi connectivity index (χ0n) is 5.70. The molecule has 0 saturated heterocycles. The first-order valence-corrected chi connectivity index (χ1v) is 3.12. The van der Waals surface area contributed by atoms with Crippen LogP contribution in [0.25, 0.3) is 0 Å². The molecule has 0 aromatic carbocycles. The molecular weight excluding hydrogens is 132 g/mol. The van der Waals surface area contributed by atoms with E-state index in [0.29, 0.717) is 11.7 Å². The van der Waals surface area contributed by atoms with Crippen LogP contribution >= 0.6 is 0 Å². The van der Waals surface area contributed by atoms with Crippen molar-refractivity contribution >= 4 is 6.29 Å². The highest BCUT2D eigenvalue weighted by molar-refractivity contribution is 5.52. The van der Waals surface area contributed by atoms with E-state index in [-0.39, 0.29) is 6.42 Å². The van der Waals surface area contributed by atoms with E-state index >= 15 is 0 Å². The molecule has 1 aromatic heterocycles. The quantitative estimate of drug-likeness (QED) is 0.569. The van der Waals surface area contributed by atoms with Gasteiger partial charge in [0.15, 0.2) is 5.82 Å². The molecule has 0 spiro atoms. The van der Waals surface area contributed by atoms with E-state index in [1.807, 2.05) is 6.92 Å². The molecule has 0 saturated carbocycles. The molecule has 4 heteroatoms. The first kappa shape index (κ1) is 6.92. The predicted molar refractivity (Wildman–Crippen MR) is 33.4 cm³/mol. The fraction of sp³-hybridized carbons (Fsp3) is 0.500. The summed E-state index contributed by atoms with van der Waals surface area (Å²) in [6.07, 6.45) is 1.70. The van der Waals surface area contributed by atoms with Crippen LogP contribution in [-0.2, 0) is 17.6 Å². The molecule has 0 aliphatic rings. The minimum atomic E-state index is 0.215. The molecule has 4 nitrogen and oxygen atoms in total. The number of carbonyl (C=O) groups is 1. The highest BCUT2D eigenvalue weighted by Crippen LogP contribution is 1.96. The van der Waals surface area contributed by atoms with Gasteiger partial charge in [-0.15, -0.1) is 0 Å². The molecule has 0 radical (unpaired) electrons. The number of aldehydes is 1. The van der Waals surface area contributed by atoms with Crippen LogP contribution in [-0.4, -0.2) is 16.4 Å². The van der Waals surface area contributed by atoms with Crippen molar-refractivity contribution in [1.82, 2.24) is 10.1 Å². The Bertz CT molecular complexity index is 219. The molecule has 0 N–H and O–H groups in total. The predicted octanol–water partition coefficient (Wildman–Crippen LogP) is 0.373. The molecule has 0 atom stereocenters. The molecule has 0 bridgehead atoms. The van der Waals surface area contributed by atoms with Gasteiger partial charge in [-0.05, 0) is 0 Å². The van der Waals surface area contributed by atoms with Crippen LogP contribution in [0.15, 0.2) is 4.52 Å². The van der Waals surface area contributed by atoms with Gasteiger partial charge in [0, 0.05) is 6.42 Å². The number of rotatable bonds is 3. The van der Waals surface area contributed by atoms with Crippen LogP contribution in [0.5, 0.6) is 0 Å². The molecule has 10 heavy (non-hydrogen) atoms. The van der Waals surface area contributed by atoms with E-state index in [1.165, 1.54) is 0 Å². The third kappa shape index (κ3) is 1.40. The summed E-state index contributed by atoms with van der Waals surface area (Å²) in [5.74, 6) is 1.05. The number of hydrogen-bond acceptors (Lipinski definition) is 4. The third-order valence-electron chi connectivity index (χ3n) is 1.08. The van der Waals surface area contributed by atoms with E-state index in [1.54, 1.807) is 0 Å².